The first-order chi connectivity index (χ1) is 5.25. The van der Waals surface area contributed by atoms with Crippen molar-refractivity contribution in [2.24, 2.45) is 16.8 Å². The van der Waals surface area contributed by atoms with Crippen molar-refractivity contribution in [2.45, 2.75) is 27.2 Å². The van der Waals surface area contributed by atoms with Crippen molar-refractivity contribution in [3.05, 3.63) is 12.2 Å². The molecule has 1 aliphatic carbocycles. The highest BCUT2D eigenvalue weighted by Crippen LogP contribution is 2.22. The molecule has 2 atom stereocenters. The maximum absolute atomic E-state index is 4.44. The molecule has 0 saturated carbocycles. The second-order valence-corrected chi connectivity index (χ2v) is 3.30. The van der Waals surface area contributed by atoms with Gasteiger partial charge in [0, 0.05) is 18.2 Å². The van der Waals surface area contributed by atoms with E-state index in [0.717, 1.165) is 12.5 Å². The molecule has 0 bridgehead atoms. The summed E-state index contributed by atoms with van der Waals surface area (Å²) in [4.78, 5) is 4.44. The zero-order valence-corrected chi connectivity index (χ0v) is 7.67. The molecule has 0 radical (unpaired) electrons. The van der Waals surface area contributed by atoms with E-state index in [2.05, 4.69) is 37.9 Å². The van der Waals surface area contributed by atoms with E-state index >= 15 is 0 Å². The second-order valence-electron chi connectivity index (χ2n) is 3.30. The molecule has 0 aromatic rings. The van der Waals surface area contributed by atoms with E-state index in [0.29, 0.717) is 5.92 Å². The third kappa shape index (κ3) is 1.92. The van der Waals surface area contributed by atoms with E-state index in [1.54, 1.807) is 0 Å². The molecule has 62 valence electrons. The molecule has 0 fully saturated rings. The van der Waals surface area contributed by atoms with Crippen molar-refractivity contribution < 1.29 is 0 Å². The van der Waals surface area contributed by atoms with Crippen molar-refractivity contribution >= 4 is 5.71 Å². The minimum Gasteiger partial charge on any atom is -0.290 e. The van der Waals surface area contributed by atoms with Crippen molar-refractivity contribution in [2.75, 3.05) is 6.54 Å². The highest BCUT2D eigenvalue weighted by atomic mass is 14.7. The quantitative estimate of drug-likeness (QED) is 0.546. The maximum Gasteiger partial charge on any atom is 0.0375 e. The summed E-state index contributed by atoms with van der Waals surface area (Å²) < 4.78 is 0. The van der Waals surface area contributed by atoms with Gasteiger partial charge < -0.3 is 0 Å². The van der Waals surface area contributed by atoms with Crippen LogP contribution in [0, 0.1) is 11.8 Å². The summed E-state index contributed by atoms with van der Waals surface area (Å²) in [5.41, 5.74) is 1.28. The van der Waals surface area contributed by atoms with Crippen LogP contribution in [0.25, 0.3) is 0 Å². The molecule has 0 saturated heterocycles. The van der Waals surface area contributed by atoms with Crippen LogP contribution in [0.15, 0.2) is 17.1 Å². The van der Waals surface area contributed by atoms with Gasteiger partial charge in [0.15, 0.2) is 0 Å². The van der Waals surface area contributed by atoms with E-state index in [4.69, 9.17) is 0 Å². The van der Waals surface area contributed by atoms with Gasteiger partial charge in [-0.2, -0.15) is 0 Å². The Bertz CT molecular complexity index is 179. The molecule has 0 heterocycles. The van der Waals surface area contributed by atoms with Crippen LogP contribution in [0.4, 0.5) is 0 Å². The molecule has 0 aliphatic heterocycles. The Morgan fingerprint density at radius 3 is 2.91 bits per heavy atom. The Balaban J connectivity index is 2.72. The fourth-order valence-electron chi connectivity index (χ4n) is 1.43. The zero-order chi connectivity index (χ0) is 8.27. The van der Waals surface area contributed by atoms with Crippen molar-refractivity contribution in [3.63, 3.8) is 0 Å². The topological polar surface area (TPSA) is 12.4 Å². The van der Waals surface area contributed by atoms with Gasteiger partial charge >= 0.3 is 0 Å². The van der Waals surface area contributed by atoms with Gasteiger partial charge in [-0.05, 0) is 25.3 Å². The Labute approximate surface area is 69.2 Å². The number of nitrogens with zero attached hydrogens (tertiary/aromatic N) is 1. The summed E-state index contributed by atoms with van der Waals surface area (Å²) in [7, 11) is 0. The van der Waals surface area contributed by atoms with Crippen LogP contribution in [0.3, 0.4) is 0 Å². The van der Waals surface area contributed by atoms with Gasteiger partial charge in [-0.25, -0.2) is 0 Å². The third-order valence-corrected chi connectivity index (χ3v) is 2.46. The first-order valence-electron chi connectivity index (χ1n) is 4.46. The fourth-order valence-corrected chi connectivity index (χ4v) is 1.43. The second kappa shape index (κ2) is 3.70. The zero-order valence-electron chi connectivity index (χ0n) is 7.67. The van der Waals surface area contributed by atoms with Gasteiger partial charge in [0.1, 0.15) is 0 Å². The Morgan fingerprint density at radius 1 is 1.55 bits per heavy atom. The van der Waals surface area contributed by atoms with Crippen LogP contribution < -0.4 is 0 Å². The molecule has 0 aromatic heterocycles. The lowest BCUT2D eigenvalue weighted by atomic mass is 9.84. The number of rotatable bonds is 1. The number of allylic oxidation sites excluding steroid dienone is 2. The summed E-state index contributed by atoms with van der Waals surface area (Å²) in [5.74, 6) is 1.42. The molecular formula is C10H17N. The van der Waals surface area contributed by atoms with Gasteiger partial charge in [0.05, 0.1) is 0 Å². The van der Waals surface area contributed by atoms with Gasteiger partial charge in [0.2, 0.25) is 0 Å². The SMILES string of the molecule is CCN=C1C=CCC(C)C1C. The lowest BCUT2D eigenvalue weighted by Crippen LogP contribution is -2.20. The number of aliphatic imine (C=N–C) groups is 1. The Kier molecular flexibility index (Phi) is 2.86. The molecule has 1 heteroatoms. The third-order valence-electron chi connectivity index (χ3n) is 2.46. The largest absolute Gasteiger partial charge is 0.290 e. The molecule has 0 aromatic carbocycles. The minimum atomic E-state index is 0.653. The molecule has 0 amide bonds. The van der Waals surface area contributed by atoms with Crippen molar-refractivity contribution in [1.29, 1.82) is 0 Å². The smallest absolute Gasteiger partial charge is 0.0375 e. The van der Waals surface area contributed by atoms with E-state index in [1.807, 2.05) is 0 Å². The molecule has 1 rings (SSSR count). The average molecular weight is 151 g/mol. The van der Waals surface area contributed by atoms with E-state index in [1.165, 1.54) is 12.1 Å². The Hall–Kier alpha value is -0.590. The standard InChI is InChI=1S/C10H17N/c1-4-11-10-7-5-6-8(2)9(10)3/h5,7-9H,4,6H2,1-3H3. The predicted molar refractivity (Wildman–Crippen MR) is 50.1 cm³/mol. The van der Waals surface area contributed by atoms with Crippen LogP contribution >= 0.6 is 0 Å². The van der Waals surface area contributed by atoms with Crippen LogP contribution in [0.2, 0.25) is 0 Å². The van der Waals surface area contributed by atoms with Crippen LogP contribution in [-0.4, -0.2) is 12.3 Å². The van der Waals surface area contributed by atoms with Crippen molar-refractivity contribution in [3.8, 4) is 0 Å². The van der Waals surface area contributed by atoms with Crippen LogP contribution in [0.5, 0.6) is 0 Å². The highest BCUT2D eigenvalue weighted by Gasteiger charge is 2.18. The van der Waals surface area contributed by atoms with Gasteiger partial charge in [0.25, 0.3) is 0 Å². The summed E-state index contributed by atoms with van der Waals surface area (Å²) in [5, 5.41) is 0. The summed E-state index contributed by atoms with van der Waals surface area (Å²) in [6, 6.07) is 0. The summed E-state index contributed by atoms with van der Waals surface area (Å²) in [6.45, 7) is 7.56. The Morgan fingerprint density at radius 2 is 2.27 bits per heavy atom. The normalized spacial score (nSPS) is 34.6. The summed E-state index contributed by atoms with van der Waals surface area (Å²) >= 11 is 0. The highest BCUT2D eigenvalue weighted by molar-refractivity contribution is 5.97. The molecule has 0 spiro atoms. The van der Waals surface area contributed by atoms with Crippen LogP contribution in [0.1, 0.15) is 27.2 Å². The number of hydrogen-bond acceptors (Lipinski definition) is 1. The molecule has 1 aliphatic rings. The molecule has 1 nitrogen and oxygen atoms in total. The molecular weight excluding hydrogens is 134 g/mol. The lowest BCUT2D eigenvalue weighted by Gasteiger charge is -2.22. The first-order valence-corrected chi connectivity index (χ1v) is 4.46. The maximum atomic E-state index is 4.44. The fraction of sp³-hybridized carbons (Fsp3) is 0.700. The first kappa shape index (κ1) is 8.51. The average Bonchev–Trinajstić information content (AvgIpc) is 1.99. The molecule has 2 unspecified atom stereocenters. The van der Waals surface area contributed by atoms with Crippen LogP contribution in [-0.2, 0) is 0 Å². The van der Waals surface area contributed by atoms with Gasteiger partial charge in [-0.1, -0.05) is 19.9 Å². The molecule has 11 heavy (non-hydrogen) atoms. The van der Waals surface area contributed by atoms with Crippen molar-refractivity contribution in [1.82, 2.24) is 0 Å². The molecule has 0 N–H and O–H groups in total. The van der Waals surface area contributed by atoms with E-state index < -0.39 is 0 Å². The predicted octanol–water partition coefficient (Wildman–Crippen LogP) is 2.68. The minimum absolute atomic E-state index is 0.653. The van der Waals surface area contributed by atoms with Gasteiger partial charge in [-0.3, -0.25) is 4.99 Å². The number of hydrogen-bond donors (Lipinski definition) is 0. The van der Waals surface area contributed by atoms with E-state index in [-0.39, 0.29) is 0 Å². The monoisotopic (exact) mass is 151 g/mol. The van der Waals surface area contributed by atoms with Gasteiger partial charge in [-0.15, -0.1) is 0 Å². The summed E-state index contributed by atoms with van der Waals surface area (Å²) in [6.07, 6.45) is 5.62. The van der Waals surface area contributed by atoms with E-state index in [9.17, 15) is 0 Å². The lowest BCUT2D eigenvalue weighted by molar-refractivity contribution is 0.482.